The van der Waals surface area contributed by atoms with Crippen molar-refractivity contribution in [1.82, 2.24) is 14.5 Å². The van der Waals surface area contributed by atoms with Gasteiger partial charge in [0, 0.05) is 38.1 Å². The highest BCUT2D eigenvalue weighted by Crippen LogP contribution is 2.24. The molecule has 1 aliphatic rings. The van der Waals surface area contributed by atoms with Crippen molar-refractivity contribution in [2.75, 3.05) is 38.2 Å². The van der Waals surface area contributed by atoms with E-state index in [0.717, 1.165) is 30.0 Å². The number of benzene rings is 1. The molecule has 134 valence electrons. The fraction of sp³-hybridized carbons (Fsp3) is 0.263. The first kappa shape index (κ1) is 16.7. The van der Waals surface area contributed by atoms with E-state index in [0.29, 0.717) is 23.8 Å². The minimum Gasteiger partial charge on any atom is -0.497 e. The number of piperazine rings is 1. The molecule has 0 radical (unpaired) electrons. The van der Waals surface area contributed by atoms with Crippen molar-refractivity contribution in [1.29, 1.82) is 0 Å². The average Bonchev–Trinajstić information content (AvgIpc) is 3.04. The van der Waals surface area contributed by atoms with Crippen molar-refractivity contribution in [2.24, 2.45) is 0 Å². The van der Waals surface area contributed by atoms with E-state index in [1.54, 1.807) is 17.8 Å². The largest absolute Gasteiger partial charge is 0.497 e. The fourth-order valence-corrected chi connectivity index (χ4v) is 3.48. The molecule has 4 rings (SSSR count). The van der Waals surface area contributed by atoms with Gasteiger partial charge in [0.25, 0.3) is 5.91 Å². The molecule has 2 aromatic heterocycles. The van der Waals surface area contributed by atoms with Crippen molar-refractivity contribution in [3.05, 3.63) is 59.4 Å². The first-order chi connectivity index (χ1) is 12.7. The summed E-state index contributed by atoms with van der Waals surface area (Å²) >= 11 is 6.37. The van der Waals surface area contributed by atoms with Gasteiger partial charge in [0.1, 0.15) is 5.75 Å². The number of halogens is 1. The fourth-order valence-electron chi connectivity index (χ4n) is 3.22. The van der Waals surface area contributed by atoms with Crippen LogP contribution in [0.2, 0.25) is 5.02 Å². The van der Waals surface area contributed by atoms with Gasteiger partial charge in [0.2, 0.25) is 0 Å². The van der Waals surface area contributed by atoms with E-state index in [2.05, 4.69) is 10.00 Å². The van der Waals surface area contributed by atoms with Gasteiger partial charge in [-0.1, -0.05) is 17.7 Å². The molecule has 6 nitrogen and oxygen atoms in total. The van der Waals surface area contributed by atoms with Crippen LogP contribution in [0.4, 0.5) is 5.69 Å². The molecule has 0 spiro atoms. The van der Waals surface area contributed by atoms with E-state index in [-0.39, 0.29) is 5.91 Å². The topological polar surface area (TPSA) is 50.1 Å². The maximum Gasteiger partial charge on any atom is 0.276 e. The Morgan fingerprint density at radius 1 is 1.08 bits per heavy atom. The number of aromatic nitrogens is 2. The number of methoxy groups -OCH3 is 1. The van der Waals surface area contributed by atoms with Crippen LogP contribution in [0.15, 0.2) is 48.7 Å². The summed E-state index contributed by atoms with van der Waals surface area (Å²) < 4.78 is 6.84. The van der Waals surface area contributed by atoms with Gasteiger partial charge in [0.15, 0.2) is 5.69 Å². The van der Waals surface area contributed by atoms with Crippen molar-refractivity contribution >= 4 is 28.7 Å². The number of hydrogen-bond donors (Lipinski definition) is 0. The van der Waals surface area contributed by atoms with Crippen LogP contribution >= 0.6 is 11.6 Å². The molecular formula is C19H19ClN4O2. The van der Waals surface area contributed by atoms with Crippen LogP contribution in [-0.4, -0.2) is 53.7 Å². The predicted octanol–water partition coefficient (Wildman–Crippen LogP) is 2.96. The lowest BCUT2D eigenvalue weighted by molar-refractivity contribution is 0.0740. The Bertz CT molecular complexity index is 930. The minimum atomic E-state index is -0.118. The van der Waals surface area contributed by atoms with E-state index < -0.39 is 0 Å². The summed E-state index contributed by atoms with van der Waals surface area (Å²) in [4.78, 5) is 16.9. The van der Waals surface area contributed by atoms with E-state index in [1.165, 1.54) is 0 Å². The quantitative estimate of drug-likeness (QED) is 0.711. The van der Waals surface area contributed by atoms with E-state index >= 15 is 0 Å². The third-order valence-corrected chi connectivity index (χ3v) is 5.06. The molecule has 3 heterocycles. The smallest absolute Gasteiger partial charge is 0.276 e. The highest BCUT2D eigenvalue weighted by Gasteiger charge is 2.26. The number of fused-ring (bicyclic) bond motifs is 1. The Hall–Kier alpha value is -2.73. The van der Waals surface area contributed by atoms with Gasteiger partial charge in [-0.2, -0.15) is 5.10 Å². The summed E-state index contributed by atoms with van der Waals surface area (Å²) in [6.07, 6.45) is 1.79. The van der Waals surface area contributed by atoms with Gasteiger partial charge >= 0.3 is 0 Å². The van der Waals surface area contributed by atoms with E-state index in [1.807, 2.05) is 47.4 Å². The van der Waals surface area contributed by atoms with Gasteiger partial charge in [-0.05, 0) is 36.4 Å². The second kappa shape index (κ2) is 6.88. The molecule has 0 N–H and O–H groups in total. The monoisotopic (exact) mass is 370 g/mol. The first-order valence-corrected chi connectivity index (χ1v) is 8.86. The van der Waals surface area contributed by atoms with Crippen LogP contribution in [-0.2, 0) is 0 Å². The third kappa shape index (κ3) is 2.97. The van der Waals surface area contributed by atoms with Crippen LogP contribution in [0.1, 0.15) is 10.5 Å². The van der Waals surface area contributed by atoms with Crippen LogP contribution in [0.5, 0.6) is 5.75 Å². The number of rotatable bonds is 3. The summed E-state index contributed by atoms with van der Waals surface area (Å²) in [5, 5.41) is 4.76. The average molecular weight is 371 g/mol. The van der Waals surface area contributed by atoms with Crippen LogP contribution in [0.3, 0.4) is 0 Å². The highest BCUT2D eigenvalue weighted by molar-refractivity contribution is 6.36. The SMILES string of the molecule is COc1ccc(N2CCN(C(=O)c3nn4ccccc4c3Cl)CC2)cc1. The molecule has 7 heteroatoms. The molecule has 1 saturated heterocycles. The molecule has 3 aromatic rings. The molecule has 26 heavy (non-hydrogen) atoms. The van der Waals surface area contributed by atoms with Crippen molar-refractivity contribution in [2.45, 2.75) is 0 Å². The molecule has 1 amide bonds. The summed E-state index contributed by atoms with van der Waals surface area (Å²) in [5.41, 5.74) is 2.19. The highest BCUT2D eigenvalue weighted by atomic mass is 35.5. The van der Waals surface area contributed by atoms with Crippen molar-refractivity contribution < 1.29 is 9.53 Å². The Kier molecular flexibility index (Phi) is 4.42. The summed E-state index contributed by atoms with van der Waals surface area (Å²) in [6.45, 7) is 2.80. The zero-order valence-corrected chi connectivity index (χ0v) is 15.2. The molecule has 0 aliphatic carbocycles. The van der Waals surface area contributed by atoms with Crippen LogP contribution in [0, 0.1) is 0 Å². The summed E-state index contributed by atoms with van der Waals surface area (Å²) in [5.74, 6) is 0.720. The molecule has 0 atom stereocenters. The first-order valence-electron chi connectivity index (χ1n) is 8.48. The van der Waals surface area contributed by atoms with Gasteiger partial charge in [0.05, 0.1) is 17.6 Å². The summed E-state index contributed by atoms with van der Waals surface area (Å²) in [6, 6.07) is 13.6. The number of amides is 1. The molecule has 0 unspecified atom stereocenters. The normalized spacial score (nSPS) is 14.7. The number of pyridine rings is 1. The Balaban J connectivity index is 1.46. The number of carbonyl (C=O) groups is 1. The summed E-state index contributed by atoms with van der Waals surface area (Å²) in [7, 11) is 1.66. The number of nitrogens with zero attached hydrogens (tertiary/aromatic N) is 4. The van der Waals surface area contributed by atoms with Gasteiger partial charge in [-0.15, -0.1) is 0 Å². The number of hydrogen-bond acceptors (Lipinski definition) is 4. The van der Waals surface area contributed by atoms with Gasteiger partial charge in [-0.3, -0.25) is 4.79 Å². The van der Waals surface area contributed by atoms with Gasteiger partial charge in [-0.25, -0.2) is 4.52 Å². The molecule has 0 bridgehead atoms. The maximum absolute atomic E-state index is 12.8. The standard InChI is InChI=1S/C19H19ClN4O2/c1-26-15-7-5-14(6-8-15)22-10-12-23(13-11-22)19(25)18-17(20)16-4-2-3-9-24(16)21-18/h2-9H,10-13H2,1H3. The van der Waals surface area contributed by atoms with Gasteiger partial charge < -0.3 is 14.5 Å². The van der Waals surface area contributed by atoms with Crippen molar-refractivity contribution in [3.8, 4) is 5.75 Å². The maximum atomic E-state index is 12.8. The second-order valence-corrected chi connectivity index (χ2v) is 6.55. The predicted molar refractivity (Wildman–Crippen MR) is 101 cm³/mol. The lowest BCUT2D eigenvalue weighted by Gasteiger charge is -2.35. The second-order valence-electron chi connectivity index (χ2n) is 6.17. The zero-order chi connectivity index (χ0) is 18.1. The van der Waals surface area contributed by atoms with E-state index in [9.17, 15) is 4.79 Å². The number of carbonyl (C=O) groups excluding carboxylic acids is 1. The zero-order valence-electron chi connectivity index (χ0n) is 14.4. The Morgan fingerprint density at radius 2 is 1.81 bits per heavy atom. The Labute approximate surface area is 156 Å². The molecule has 1 aliphatic heterocycles. The van der Waals surface area contributed by atoms with Crippen LogP contribution in [0.25, 0.3) is 5.52 Å². The van der Waals surface area contributed by atoms with Crippen LogP contribution < -0.4 is 9.64 Å². The lowest BCUT2D eigenvalue weighted by atomic mass is 10.2. The molecule has 1 fully saturated rings. The molecule has 0 saturated carbocycles. The number of anilines is 1. The molecular weight excluding hydrogens is 352 g/mol. The Morgan fingerprint density at radius 3 is 2.46 bits per heavy atom. The molecule has 1 aromatic carbocycles. The van der Waals surface area contributed by atoms with E-state index in [4.69, 9.17) is 16.3 Å². The minimum absolute atomic E-state index is 0.118. The number of ether oxygens (including phenoxy) is 1. The third-order valence-electron chi connectivity index (χ3n) is 4.69. The van der Waals surface area contributed by atoms with Crippen molar-refractivity contribution in [3.63, 3.8) is 0 Å². The lowest BCUT2D eigenvalue weighted by Crippen LogP contribution is -2.49.